The molecule has 0 fully saturated rings. The van der Waals surface area contributed by atoms with Crippen molar-refractivity contribution >= 4 is 16.9 Å². The Hall–Kier alpha value is -1.74. The third-order valence-electron chi connectivity index (χ3n) is 4.19. The highest BCUT2D eigenvalue weighted by Gasteiger charge is 2.16. The van der Waals surface area contributed by atoms with Crippen LogP contribution in [0.5, 0.6) is 0 Å². The fraction of sp³-hybridized carbons (Fsp3) is 0.381. The summed E-state index contributed by atoms with van der Waals surface area (Å²) in [5.74, 6) is 0.867. The largest absolute Gasteiger partial charge is 0.379 e. The molecular formula is C21H28N2S. The molecule has 0 spiro atoms. The number of rotatable bonds is 4. The number of nitrogens with two attached hydrogens (primary N) is 1. The molecule has 0 unspecified atom stereocenters. The number of aryl methyl sites for hydroxylation is 2. The van der Waals surface area contributed by atoms with Gasteiger partial charge in [-0.15, -0.1) is 0 Å². The molecule has 0 radical (unpaired) electrons. The summed E-state index contributed by atoms with van der Waals surface area (Å²) in [5, 5.41) is 0.651. The first-order valence-corrected chi connectivity index (χ1v) is 9.33. The van der Waals surface area contributed by atoms with E-state index in [0.29, 0.717) is 11.7 Å². The Morgan fingerprint density at radius 3 is 2.17 bits per heavy atom. The summed E-state index contributed by atoms with van der Waals surface area (Å²) in [7, 11) is 0. The fourth-order valence-corrected chi connectivity index (χ4v) is 3.50. The fourth-order valence-electron chi connectivity index (χ4n) is 2.60. The second-order valence-electron chi connectivity index (χ2n) is 7.27. The number of aliphatic imine (C=N–C) groups is 1. The molecule has 3 heteroatoms. The lowest BCUT2D eigenvalue weighted by molar-refractivity contribution is 0.589. The van der Waals surface area contributed by atoms with E-state index in [9.17, 15) is 0 Å². The van der Waals surface area contributed by atoms with Crippen LogP contribution < -0.4 is 5.73 Å². The highest BCUT2D eigenvalue weighted by molar-refractivity contribution is 8.13. The van der Waals surface area contributed by atoms with Crippen molar-refractivity contribution in [2.24, 2.45) is 10.7 Å². The van der Waals surface area contributed by atoms with Gasteiger partial charge in [0.15, 0.2) is 5.17 Å². The van der Waals surface area contributed by atoms with Crippen LogP contribution >= 0.6 is 11.8 Å². The molecule has 0 aliphatic rings. The summed E-state index contributed by atoms with van der Waals surface area (Å²) in [6.45, 7) is 11.8. The number of amidine groups is 1. The van der Waals surface area contributed by atoms with Crippen molar-refractivity contribution in [1.29, 1.82) is 0 Å². The van der Waals surface area contributed by atoms with Crippen molar-refractivity contribution in [2.75, 3.05) is 0 Å². The molecule has 2 rings (SSSR count). The van der Waals surface area contributed by atoms with E-state index in [4.69, 9.17) is 5.73 Å². The van der Waals surface area contributed by atoms with Crippen molar-refractivity contribution in [3.05, 3.63) is 70.3 Å². The van der Waals surface area contributed by atoms with E-state index in [1.165, 1.54) is 27.8 Å². The van der Waals surface area contributed by atoms with E-state index in [2.05, 4.69) is 63.9 Å². The molecule has 0 amide bonds. The Labute approximate surface area is 150 Å². The maximum absolute atomic E-state index is 6.08. The quantitative estimate of drug-likeness (QED) is 0.602. The predicted molar refractivity (Wildman–Crippen MR) is 108 cm³/mol. The van der Waals surface area contributed by atoms with Gasteiger partial charge in [0.1, 0.15) is 0 Å². The van der Waals surface area contributed by atoms with Crippen molar-refractivity contribution in [2.45, 2.75) is 52.3 Å². The van der Waals surface area contributed by atoms with Gasteiger partial charge in [-0.3, -0.25) is 4.99 Å². The van der Waals surface area contributed by atoms with E-state index in [1.807, 2.05) is 18.2 Å². The number of hydrogen-bond donors (Lipinski definition) is 1. The topological polar surface area (TPSA) is 38.4 Å². The van der Waals surface area contributed by atoms with Crippen LogP contribution in [0.25, 0.3) is 0 Å². The molecule has 0 aliphatic heterocycles. The molecular weight excluding hydrogens is 312 g/mol. The molecule has 24 heavy (non-hydrogen) atoms. The third-order valence-corrected chi connectivity index (χ3v) is 5.04. The minimum absolute atomic E-state index is 0.178. The van der Waals surface area contributed by atoms with E-state index >= 15 is 0 Å². The van der Waals surface area contributed by atoms with Crippen LogP contribution in [-0.4, -0.2) is 5.17 Å². The predicted octanol–water partition coefficient (Wildman–Crippen LogP) is 5.35. The monoisotopic (exact) mass is 340 g/mol. The van der Waals surface area contributed by atoms with Crippen molar-refractivity contribution in [1.82, 2.24) is 0 Å². The minimum atomic E-state index is 0.178. The number of nitrogens with zero attached hydrogens (tertiary/aromatic N) is 1. The van der Waals surface area contributed by atoms with Gasteiger partial charge in [0.25, 0.3) is 0 Å². The van der Waals surface area contributed by atoms with Crippen LogP contribution in [0.1, 0.15) is 48.6 Å². The van der Waals surface area contributed by atoms with Crippen molar-refractivity contribution in [3.63, 3.8) is 0 Å². The average molecular weight is 341 g/mol. The molecule has 0 heterocycles. The number of thioether (sulfide) groups is 1. The lowest BCUT2D eigenvalue weighted by atomic mass is 9.84. The Bertz CT molecular complexity index is 689. The summed E-state index contributed by atoms with van der Waals surface area (Å²) in [4.78, 5) is 4.48. The van der Waals surface area contributed by atoms with Gasteiger partial charge in [0, 0.05) is 5.75 Å². The van der Waals surface area contributed by atoms with Crippen LogP contribution in [0.4, 0.5) is 0 Å². The maximum Gasteiger partial charge on any atom is 0.154 e. The number of hydrogen-bond acceptors (Lipinski definition) is 2. The molecule has 128 valence electrons. The zero-order valence-corrected chi connectivity index (χ0v) is 16.2. The maximum atomic E-state index is 6.08. The van der Waals surface area contributed by atoms with Gasteiger partial charge < -0.3 is 5.73 Å². The highest BCUT2D eigenvalue weighted by atomic mass is 32.2. The van der Waals surface area contributed by atoms with Gasteiger partial charge in [0.2, 0.25) is 0 Å². The van der Waals surface area contributed by atoms with Gasteiger partial charge in [0.05, 0.1) is 6.54 Å². The molecule has 0 aromatic heterocycles. The molecule has 0 atom stereocenters. The lowest BCUT2D eigenvalue weighted by Gasteiger charge is -2.22. The van der Waals surface area contributed by atoms with E-state index in [0.717, 1.165) is 5.75 Å². The van der Waals surface area contributed by atoms with Crippen molar-refractivity contribution in [3.8, 4) is 0 Å². The van der Waals surface area contributed by atoms with Gasteiger partial charge in [-0.2, -0.15) is 0 Å². The van der Waals surface area contributed by atoms with E-state index in [1.54, 1.807) is 11.8 Å². The lowest BCUT2D eigenvalue weighted by Crippen LogP contribution is -2.13. The average Bonchev–Trinajstić information content (AvgIpc) is 2.52. The summed E-state index contributed by atoms with van der Waals surface area (Å²) in [6.07, 6.45) is 0. The zero-order chi connectivity index (χ0) is 17.7. The molecule has 2 aromatic carbocycles. The van der Waals surface area contributed by atoms with Gasteiger partial charge >= 0.3 is 0 Å². The Morgan fingerprint density at radius 1 is 1.04 bits per heavy atom. The number of benzene rings is 2. The molecule has 2 nitrogen and oxygen atoms in total. The van der Waals surface area contributed by atoms with Crippen LogP contribution in [-0.2, 0) is 17.7 Å². The third kappa shape index (κ3) is 5.13. The van der Waals surface area contributed by atoms with Crippen LogP contribution in [0.2, 0.25) is 0 Å². The van der Waals surface area contributed by atoms with Crippen LogP contribution in [0, 0.1) is 13.8 Å². The Morgan fingerprint density at radius 2 is 1.62 bits per heavy atom. The minimum Gasteiger partial charge on any atom is -0.379 e. The molecule has 2 N–H and O–H groups in total. The summed E-state index contributed by atoms with van der Waals surface area (Å²) >= 11 is 1.62. The Balaban J connectivity index is 2.03. The zero-order valence-electron chi connectivity index (χ0n) is 15.4. The van der Waals surface area contributed by atoms with Crippen molar-refractivity contribution < 1.29 is 0 Å². The highest BCUT2D eigenvalue weighted by Crippen LogP contribution is 2.28. The second kappa shape index (κ2) is 7.89. The van der Waals surface area contributed by atoms with Gasteiger partial charge in [-0.25, -0.2) is 0 Å². The van der Waals surface area contributed by atoms with E-state index in [-0.39, 0.29) is 5.41 Å². The molecule has 2 aromatic rings. The first kappa shape index (κ1) is 18.6. The van der Waals surface area contributed by atoms with E-state index < -0.39 is 0 Å². The smallest absolute Gasteiger partial charge is 0.154 e. The normalized spacial score (nSPS) is 12.5. The SMILES string of the molecule is Cc1cc(C(C)(C)C)cc(C)c1CSC(N)=NCc1ccccc1. The van der Waals surface area contributed by atoms with Gasteiger partial charge in [-0.05, 0) is 47.1 Å². The van der Waals surface area contributed by atoms with Crippen LogP contribution in [0.15, 0.2) is 47.5 Å². The standard InChI is InChI=1S/C21H28N2S/c1-15-11-18(21(3,4)5)12-16(2)19(15)14-24-20(22)23-13-17-9-7-6-8-10-17/h6-12H,13-14H2,1-5H3,(H2,22,23). The molecule has 0 aliphatic carbocycles. The first-order chi connectivity index (χ1) is 11.3. The Kier molecular flexibility index (Phi) is 6.11. The summed E-state index contributed by atoms with van der Waals surface area (Å²) in [6, 6.07) is 14.8. The molecule has 0 saturated carbocycles. The summed E-state index contributed by atoms with van der Waals surface area (Å²) < 4.78 is 0. The second-order valence-corrected chi connectivity index (χ2v) is 8.26. The summed E-state index contributed by atoms with van der Waals surface area (Å²) in [5.41, 5.74) is 12.9. The van der Waals surface area contributed by atoms with Crippen LogP contribution in [0.3, 0.4) is 0 Å². The molecule has 0 saturated heterocycles. The first-order valence-electron chi connectivity index (χ1n) is 8.34. The van der Waals surface area contributed by atoms with Gasteiger partial charge in [-0.1, -0.05) is 75.0 Å². The molecule has 0 bridgehead atoms.